The zero-order valence-corrected chi connectivity index (χ0v) is 13.5. The number of aromatic nitrogens is 3. The number of benzene rings is 1. The van der Waals surface area contributed by atoms with E-state index >= 15 is 0 Å². The van der Waals surface area contributed by atoms with E-state index in [0.29, 0.717) is 11.1 Å². The monoisotopic (exact) mass is 364 g/mol. The Hall–Kier alpha value is -2.81. The topological polar surface area (TPSA) is 71.9 Å². The third kappa shape index (κ3) is 3.05. The lowest BCUT2D eigenvalue weighted by molar-refractivity contribution is -0.138. The molecule has 1 atom stereocenters. The number of alkyl halides is 3. The molecule has 1 aromatic carbocycles. The number of H-pyrrole nitrogens is 1. The van der Waals surface area contributed by atoms with E-state index in [0.717, 1.165) is 31.1 Å². The van der Waals surface area contributed by atoms with E-state index in [2.05, 4.69) is 10.4 Å². The average Bonchev–Trinajstić information content (AvgIpc) is 3.22. The first kappa shape index (κ1) is 16.6. The van der Waals surface area contributed by atoms with Gasteiger partial charge in [-0.2, -0.15) is 18.3 Å². The molecule has 3 aromatic rings. The summed E-state index contributed by atoms with van der Waals surface area (Å²) in [4.78, 5) is 11.6. The predicted octanol–water partition coefficient (Wildman–Crippen LogP) is 2.47. The van der Waals surface area contributed by atoms with Crippen molar-refractivity contribution in [2.45, 2.75) is 18.7 Å². The van der Waals surface area contributed by atoms with Crippen LogP contribution in [0, 0.1) is 0 Å². The number of halogens is 3. The second-order valence-electron chi connectivity index (χ2n) is 6.15. The number of hydrogen-bond acceptors (Lipinski definition) is 4. The van der Waals surface area contributed by atoms with Crippen LogP contribution in [0.4, 0.5) is 13.2 Å². The highest BCUT2D eigenvalue weighted by molar-refractivity contribution is 5.84. The molecule has 1 aliphatic heterocycles. The summed E-state index contributed by atoms with van der Waals surface area (Å²) in [5, 5.41) is 9.98. The molecule has 0 spiro atoms. The van der Waals surface area contributed by atoms with Gasteiger partial charge in [0.25, 0.3) is 5.56 Å². The Balaban J connectivity index is 1.74. The van der Waals surface area contributed by atoms with Gasteiger partial charge in [-0.05, 0) is 31.2 Å². The van der Waals surface area contributed by atoms with Gasteiger partial charge in [0.2, 0.25) is 0 Å². The highest BCUT2D eigenvalue weighted by Crippen LogP contribution is 2.32. The average molecular weight is 364 g/mol. The van der Waals surface area contributed by atoms with E-state index in [9.17, 15) is 18.0 Å². The maximum atomic E-state index is 13.3. The number of hydrogen-bond donors (Lipinski definition) is 2. The molecule has 1 unspecified atom stereocenters. The molecule has 0 radical (unpaired) electrons. The number of nitrogens with one attached hydrogen (secondary N) is 2. The first-order valence-electron chi connectivity index (χ1n) is 8.06. The van der Waals surface area contributed by atoms with Crippen molar-refractivity contribution in [3.8, 4) is 11.4 Å². The lowest BCUT2D eigenvalue weighted by Gasteiger charge is -2.12. The minimum absolute atomic E-state index is 0.0863. The van der Waals surface area contributed by atoms with E-state index in [1.54, 1.807) is 18.2 Å². The number of ether oxygens (including phenoxy) is 1. The summed E-state index contributed by atoms with van der Waals surface area (Å²) in [5.74, 6) is 0.657. The van der Waals surface area contributed by atoms with Crippen molar-refractivity contribution < 1.29 is 17.9 Å². The van der Waals surface area contributed by atoms with Gasteiger partial charge in [0.15, 0.2) is 0 Å². The molecule has 1 aliphatic rings. The van der Waals surface area contributed by atoms with Gasteiger partial charge in [0.05, 0.1) is 11.9 Å². The first-order chi connectivity index (χ1) is 12.4. The molecule has 3 heterocycles. The molecule has 2 aromatic heterocycles. The molecule has 2 N–H and O–H groups in total. The zero-order valence-electron chi connectivity index (χ0n) is 13.5. The van der Waals surface area contributed by atoms with Crippen LogP contribution in [-0.4, -0.2) is 34.0 Å². The Labute approximate surface area is 145 Å². The van der Waals surface area contributed by atoms with Crippen molar-refractivity contribution in [1.29, 1.82) is 0 Å². The van der Waals surface area contributed by atoms with Crippen LogP contribution in [0.25, 0.3) is 16.5 Å². The van der Waals surface area contributed by atoms with E-state index in [1.165, 1.54) is 17.0 Å². The van der Waals surface area contributed by atoms with Crippen LogP contribution in [0.15, 0.2) is 41.6 Å². The van der Waals surface area contributed by atoms with Gasteiger partial charge in [-0.15, -0.1) is 0 Å². The molecular formula is C17H15F3N4O2. The van der Waals surface area contributed by atoms with Gasteiger partial charge in [-0.1, -0.05) is 0 Å². The fourth-order valence-corrected chi connectivity index (χ4v) is 3.11. The highest BCUT2D eigenvalue weighted by atomic mass is 19.4. The molecule has 26 heavy (non-hydrogen) atoms. The van der Waals surface area contributed by atoms with Crippen molar-refractivity contribution in [3.05, 3.63) is 52.7 Å². The minimum Gasteiger partial charge on any atom is -0.489 e. The van der Waals surface area contributed by atoms with Crippen LogP contribution in [0.3, 0.4) is 0 Å². The van der Waals surface area contributed by atoms with Gasteiger partial charge in [-0.25, -0.2) is 5.10 Å². The van der Waals surface area contributed by atoms with Gasteiger partial charge < -0.3 is 14.6 Å². The van der Waals surface area contributed by atoms with Crippen molar-refractivity contribution in [2.75, 3.05) is 13.1 Å². The van der Waals surface area contributed by atoms with Crippen LogP contribution in [-0.2, 0) is 6.18 Å². The number of aromatic amines is 1. The van der Waals surface area contributed by atoms with Crippen molar-refractivity contribution >= 4 is 10.8 Å². The Kier molecular flexibility index (Phi) is 3.95. The first-order valence-corrected chi connectivity index (χ1v) is 8.06. The summed E-state index contributed by atoms with van der Waals surface area (Å²) in [6.45, 7) is 1.67. The third-order valence-electron chi connectivity index (χ3n) is 4.33. The summed E-state index contributed by atoms with van der Waals surface area (Å²) >= 11 is 0. The molecule has 1 saturated heterocycles. The van der Waals surface area contributed by atoms with E-state index in [4.69, 9.17) is 4.74 Å². The normalized spacial score (nSPS) is 17.7. The molecule has 9 heteroatoms. The maximum Gasteiger partial charge on any atom is 0.423 e. The van der Waals surface area contributed by atoms with Crippen molar-refractivity contribution in [3.63, 3.8) is 0 Å². The summed E-state index contributed by atoms with van der Waals surface area (Å²) in [6.07, 6.45) is 0.259. The quantitative estimate of drug-likeness (QED) is 0.749. The van der Waals surface area contributed by atoms with Crippen molar-refractivity contribution in [1.82, 2.24) is 20.1 Å². The smallest absolute Gasteiger partial charge is 0.423 e. The fraction of sp³-hybridized carbons (Fsp3) is 0.294. The molecule has 0 saturated carbocycles. The molecule has 4 rings (SSSR count). The lowest BCUT2D eigenvalue weighted by Crippen LogP contribution is -2.25. The SMILES string of the molecule is O=c1[nH]ncc(-n2cc3ccc(OC4CCNC4)cc3c2)c1C(F)(F)F. The molecule has 0 amide bonds. The van der Waals surface area contributed by atoms with E-state index < -0.39 is 17.3 Å². The Bertz CT molecular complexity index is 1000. The Morgan fingerprint density at radius 3 is 2.77 bits per heavy atom. The number of fused-ring (bicyclic) bond motifs is 1. The van der Waals surface area contributed by atoms with Gasteiger partial charge in [0, 0.05) is 29.7 Å². The maximum absolute atomic E-state index is 13.3. The molecule has 1 fully saturated rings. The lowest BCUT2D eigenvalue weighted by atomic mass is 10.2. The molecule has 136 valence electrons. The van der Waals surface area contributed by atoms with Crippen LogP contribution in [0.5, 0.6) is 5.75 Å². The summed E-state index contributed by atoms with van der Waals surface area (Å²) < 4.78 is 46.9. The highest BCUT2D eigenvalue weighted by Gasteiger charge is 2.37. The largest absolute Gasteiger partial charge is 0.489 e. The third-order valence-corrected chi connectivity index (χ3v) is 4.33. The van der Waals surface area contributed by atoms with Crippen LogP contribution < -0.4 is 15.6 Å². The summed E-state index contributed by atoms with van der Waals surface area (Å²) in [5.41, 5.74) is -2.87. The summed E-state index contributed by atoms with van der Waals surface area (Å²) in [6, 6.07) is 5.33. The van der Waals surface area contributed by atoms with Crippen LogP contribution >= 0.6 is 0 Å². The Morgan fingerprint density at radius 1 is 1.23 bits per heavy atom. The zero-order chi connectivity index (χ0) is 18.3. The van der Waals surface area contributed by atoms with Gasteiger partial charge >= 0.3 is 6.18 Å². The molecular weight excluding hydrogens is 349 g/mol. The number of nitrogens with zero attached hydrogens (tertiary/aromatic N) is 2. The molecule has 0 aliphatic carbocycles. The van der Waals surface area contributed by atoms with Crippen molar-refractivity contribution in [2.24, 2.45) is 0 Å². The summed E-state index contributed by atoms with van der Waals surface area (Å²) in [7, 11) is 0. The van der Waals surface area contributed by atoms with Crippen LogP contribution in [0.1, 0.15) is 12.0 Å². The standard InChI is InChI=1S/C17H15F3N4O2/c18-17(19,20)15-14(7-22-23-16(15)25)24-8-10-1-2-12(5-11(10)9-24)26-13-3-4-21-6-13/h1-2,5,7-9,13,21H,3-4,6H2,(H,23,25). The molecule has 0 bridgehead atoms. The Morgan fingerprint density at radius 2 is 2.04 bits per heavy atom. The van der Waals surface area contributed by atoms with Gasteiger partial charge in [0.1, 0.15) is 17.4 Å². The number of rotatable bonds is 3. The van der Waals surface area contributed by atoms with Crippen LogP contribution in [0.2, 0.25) is 0 Å². The second-order valence-corrected chi connectivity index (χ2v) is 6.15. The molecule has 6 nitrogen and oxygen atoms in total. The minimum atomic E-state index is -4.79. The second kappa shape index (κ2) is 6.17. The van der Waals surface area contributed by atoms with E-state index in [-0.39, 0.29) is 11.8 Å². The van der Waals surface area contributed by atoms with Gasteiger partial charge in [-0.3, -0.25) is 4.79 Å². The van der Waals surface area contributed by atoms with E-state index in [1.807, 2.05) is 5.10 Å². The predicted molar refractivity (Wildman–Crippen MR) is 88.6 cm³/mol. The fourth-order valence-electron chi connectivity index (χ4n) is 3.11.